The van der Waals surface area contributed by atoms with Gasteiger partial charge in [0.05, 0.1) is 20.9 Å². The Balaban J connectivity index is 1.68. The van der Waals surface area contributed by atoms with Gasteiger partial charge < -0.3 is 14.8 Å². The van der Waals surface area contributed by atoms with Crippen LogP contribution in [-0.4, -0.2) is 23.7 Å². The van der Waals surface area contributed by atoms with Crippen molar-refractivity contribution in [2.24, 2.45) is 0 Å². The maximum atomic E-state index is 12.9. The summed E-state index contributed by atoms with van der Waals surface area (Å²) in [6, 6.07) is 10.5. The predicted octanol–water partition coefficient (Wildman–Crippen LogP) is 5.54. The van der Waals surface area contributed by atoms with Crippen LogP contribution in [0.1, 0.15) is 17.3 Å². The highest BCUT2D eigenvalue weighted by Crippen LogP contribution is 2.34. The van der Waals surface area contributed by atoms with E-state index in [1.54, 1.807) is 30.5 Å². The van der Waals surface area contributed by atoms with Crippen LogP contribution in [0, 0.1) is 0 Å². The molecule has 27 heavy (non-hydrogen) atoms. The summed E-state index contributed by atoms with van der Waals surface area (Å²) in [6.07, 6.45) is 0.764. The highest BCUT2D eigenvalue weighted by atomic mass is 35.5. The number of thiazole rings is 1. The lowest BCUT2D eigenvalue weighted by Gasteiger charge is -2.27. The molecule has 0 bridgehead atoms. The first-order valence-electron chi connectivity index (χ1n) is 8.21. The van der Waals surface area contributed by atoms with Crippen molar-refractivity contribution >= 4 is 55.7 Å². The molecule has 0 saturated carbocycles. The molecule has 0 spiro atoms. The molecule has 1 aliphatic heterocycles. The third-order valence-electron chi connectivity index (χ3n) is 3.98. The van der Waals surface area contributed by atoms with E-state index in [-0.39, 0.29) is 5.78 Å². The molecule has 0 radical (unpaired) electrons. The van der Waals surface area contributed by atoms with E-state index < -0.39 is 6.29 Å². The standard InChI is InChI=1S/C19H14Cl2N2O3S/c1-2-25-18-12(17(24)11-8-10(20)6-7-14(11)26-18)9-22-19-23-16-13(21)4-3-5-15(16)27-19/h3-9,18H,2H2,1H3,(H,22,23)/b12-9-/t18-/m1/s1. The van der Waals surface area contributed by atoms with Crippen LogP contribution in [0.25, 0.3) is 10.2 Å². The Hall–Kier alpha value is -2.12. The van der Waals surface area contributed by atoms with Crippen LogP contribution in [0.4, 0.5) is 5.13 Å². The van der Waals surface area contributed by atoms with Gasteiger partial charge in [-0.2, -0.15) is 0 Å². The van der Waals surface area contributed by atoms with Gasteiger partial charge in [0.2, 0.25) is 12.1 Å². The number of rotatable bonds is 4. The van der Waals surface area contributed by atoms with Crippen molar-refractivity contribution in [2.45, 2.75) is 13.2 Å². The first kappa shape index (κ1) is 18.3. The Labute approximate surface area is 169 Å². The highest BCUT2D eigenvalue weighted by Gasteiger charge is 2.32. The van der Waals surface area contributed by atoms with Crippen molar-refractivity contribution in [3.05, 3.63) is 63.8 Å². The van der Waals surface area contributed by atoms with E-state index in [9.17, 15) is 4.79 Å². The molecule has 2 heterocycles. The van der Waals surface area contributed by atoms with E-state index in [0.717, 1.165) is 10.2 Å². The number of aromatic nitrogens is 1. The van der Waals surface area contributed by atoms with Crippen molar-refractivity contribution in [1.82, 2.24) is 4.98 Å². The van der Waals surface area contributed by atoms with Gasteiger partial charge in [-0.15, -0.1) is 0 Å². The second kappa shape index (κ2) is 7.48. The van der Waals surface area contributed by atoms with Crippen molar-refractivity contribution in [2.75, 3.05) is 11.9 Å². The largest absolute Gasteiger partial charge is 0.460 e. The van der Waals surface area contributed by atoms with Gasteiger partial charge in [0, 0.05) is 17.8 Å². The molecule has 0 unspecified atom stereocenters. The first-order chi connectivity index (χ1) is 13.1. The smallest absolute Gasteiger partial charge is 0.232 e. The molecule has 1 atom stereocenters. The number of hydrogen-bond acceptors (Lipinski definition) is 6. The summed E-state index contributed by atoms with van der Waals surface area (Å²) in [5.74, 6) is 0.246. The molecule has 1 aliphatic rings. The molecule has 0 fully saturated rings. The Bertz CT molecular complexity index is 1060. The van der Waals surface area contributed by atoms with Gasteiger partial charge in [-0.3, -0.25) is 4.79 Å². The number of halogens is 2. The third kappa shape index (κ3) is 3.53. The highest BCUT2D eigenvalue weighted by molar-refractivity contribution is 7.22. The SMILES string of the molecule is CCO[C@@H]1Oc2ccc(Cl)cc2C(=O)/C1=C/Nc1nc2c(Cl)cccc2s1. The summed E-state index contributed by atoms with van der Waals surface area (Å²) >= 11 is 13.6. The number of nitrogens with zero attached hydrogens (tertiary/aromatic N) is 1. The van der Waals surface area contributed by atoms with Crippen molar-refractivity contribution in [1.29, 1.82) is 0 Å². The minimum atomic E-state index is -0.804. The monoisotopic (exact) mass is 420 g/mol. The van der Waals surface area contributed by atoms with E-state index in [0.29, 0.717) is 38.7 Å². The van der Waals surface area contributed by atoms with E-state index in [2.05, 4.69) is 10.3 Å². The molecule has 0 aliphatic carbocycles. The van der Waals surface area contributed by atoms with Crippen LogP contribution in [0.2, 0.25) is 10.0 Å². The van der Waals surface area contributed by atoms with Crippen LogP contribution < -0.4 is 10.1 Å². The Morgan fingerprint density at radius 1 is 1.33 bits per heavy atom. The minimum Gasteiger partial charge on any atom is -0.460 e. The van der Waals surface area contributed by atoms with E-state index >= 15 is 0 Å². The lowest BCUT2D eigenvalue weighted by Crippen LogP contribution is -2.33. The average molecular weight is 421 g/mol. The first-order valence-corrected chi connectivity index (χ1v) is 9.78. The maximum Gasteiger partial charge on any atom is 0.232 e. The van der Waals surface area contributed by atoms with Gasteiger partial charge in [0.25, 0.3) is 0 Å². The summed E-state index contributed by atoms with van der Waals surface area (Å²) in [7, 11) is 0. The van der Waals surface area contributed by atoms with Gasteiger partial charge in [-0.05, 0) is 37.3 Å². The third-order valence-corrected chi connectivity index (χ3v) is 5.47. The fourth-order valence-electron chi connectivity index (χ4n) is 2.75. The number of para-hydroxylation sites is 1. The number of hydrogen-bond donors (Lipinski definition) is 1. The minimum absolute atomic E-state index is 0.205. The number of anilines is 1. The van der Waals surface area contributed by atoms with Crippen LogP contribution in [0.3, 0.4) is 0 Å². The number of carbonyl (C=O) groups is 1. The maximum absolute atomic E-state index is 12.9. The summed E-state index contributed by atoms with van der Waals surface area (Å²) in [4.78, 5) is 17.4. The van der Waals surface area contributed by atoms with Gasteiger partial charge >= 0.3 is 0 Å². The molecule has 5 nitrogen and oxygen atoms in total. The molecule has 138 valence electrons. The van der Waals surface area contributed by atoms with Gasteiger partial charge in [0.15, 0.2) is 5.13 Å². The lowest BCUT2D eigenvalue weighted by atomic mass is 10.00. The number of nitrogens with one attached hydrogen (secondary N) is 1. The van der Waals surface area contributed by atoms with Crippen LogP contribution >= 0.6 is 34.5 Å². The average Bonchev–Trinajstić information content (AvgIpc) is 3.07. The molecule has 4 rings (SSSR count). The number of benzene rings is 2. The number of Topliss-reactive ketones (excluding diaryl/α,β-unsaturated/α-hetero) is 1. The molecule has 1 N–H and O–H groups in total. The van der Waals surface area contributed by atoms with Crippen molar-refractivity contribution < 1.29 is 14.3 Å². The van der Waals surface area contributed by atoms with Crippen LogP contribution in [0.5, 0.6) is 5.75 Å². The number of ketones is 1. The summed E-state index contributed by atoms with van der Waals surface area (Å²) in [5.41, 5.74) is 1.46. The summed E-state index contributed by atoms with van der Waals surface area (Å²) < 4.78 is 12.4. The van der Waals surface area contributed by atoms with Gasteiger partial charge in [-0.1, -0.05) is 40.6 Å². The summed E-state index contributed by atoms with van der Waals surface area (Å²) in [5, 5.41) is 4.73. The topological polar surface area (TPSA) is 60.5 Å². The van der Waals surface area contributed by atoms with Gasteiger partial charge in [-0.25, -0.2) is 4.98 Å². The summed E-state index contributed by atoms with van der Waals surface area (Å²) in [6.45, 7) is 2.24. The number of ether oxygens (including phenoxy) is 2. The van der Waals surface area contributed by atoms with E-state index in [1.165, 1.54) is 11.3 Å². The molecular weight excluding hydrogens is 407 g/mol. The Kier molecular flexibility index (Phi) is 5.06. The molecule has 0 saturated heterocycles. The van der Waals surface area contributed by atoms with E-state index in [4.69, 9.17) is 32.7 Å². The molecule has 3 aromatic rings. The zero-order valence-electron chi connectivity index (χ0n) is 14.2. The second-order valence-corrected chi connectivity index (χ2v) is 7.60. The van der Waals surface area contributed by atoms with Crippen LogP contribution in [-0.2, 0) is 4.74 Å². The van der Waals surface area contributed by atoms with E-state index in [1.807, 2.05) is 19.1 Å². The number of carbonyl (C=O) groups excluding carboxylic acids is 1. The number of fused-ring (bicyclic) bond motifs is 2. The Morgan fingerprint density at radius 2 is 2.19 bits per heavy atom. The normalized spacial score (nSPS) is 17.8. The van der Waals surface area contributed by atoms with Gasteiger partial charge in [0.1, 0.15) is 11.3 Å². The van der Waals surface area contributed by atoms with Crippen LogP contribution in [0.15, 0.2) is 48.2 Å². The zero-order chi connectivity index (χ0) is 19.0. The van der Waals surface area contributed by atoms with Crippen molar-refractivity contribution in [3.63, 3.8) is 0 Å². The predicted molar refractivity (Wildman–Crippen MR) is 108 cm³/mol. The fraction of sp³-hybridized carbons (Fsp3) is 0.158. The molecular formula is C19H14Cl2N2O3S. The Morgan fingerprint density at radius 3 is 2.96 bits per heavy atom. The second-order valence-electron chi connectivity index (χ2n) is 5.72. The molecule has 8 heteroatoms. The zero-order valence-corrected chi connectivity index (χ0v) is 16.5. The quantitative estimate of drug-likeness (QED) is 0.561. The molecule has 2 aromatic carbocycles. The lowest BCUT2D eigenvalue weighted by molar-refractivity contribution is -0.0509. The fourth-order valence-corrected chi connectivity index (χ4v) is 4.06. The molecule has 0 amide bonds. The molecule has 1 aromatic heterocycles. The van der Waals surface area contributed by atoms with Crippen molar-refractivity contribution in [3.8, 4) is 5.75 Å².